The lowest BCUT2D eigenvalue weighted by Gasteiger charge is -2.19. The lowest BCUT2D eigenvalue weighted by atomic mass is 9.83. The van der Waals surface area contributed by atoms with Crippen LogP contribution in [0.4, 0.5) is 0 Å². The molecule has 0 aromatic heterocycles. The molecule has 0 aliphatic rings. The Morgan fingerprint density at radius 2 is 0.660 bits per heavy atom. The van der Waals surface area contributed by atoms with Crippen molar-refractivity contribution in [3.63, 3.8) is 0 Å². The van der Waals surface area contributed by atoms with Gasteiger partial charge in [0.15, 0.2) is 0 Å². The SMILES string of the molecule is c1ccc2cc(-c3c4cc5c6ccccc6c6cccc(c4c(-c4ccc7ccccc7c4)c4c7cccc8cccc(c34)c87)c65)ccc2c1. The molecular formula is C50H28. The second kappa shape index (κ2) is 9.56. The minimum Gasteiger partial charge on any atom is -0.0616 e. The van der Waals surface area contributed by atoms with Crippen molar-refractivity contribution in [2.24, 2.45) is 0 Å². The summed E-state index contributed by atoms with van der Waals surface area (Å²) in [6.45, 7) is 0. The van der Waals surface area contributed by atoms with Crippen LogP contribution in [-0.4, -0.2) is 0 Å². The summed E-state index contributed by atoms with van der Waals surface area (Å²) in [7, 11) is 0. The first-order valence-corrected chi connectivity index (χ1v) is 17.5. The molecule has 0 fully saturated rings. The normalized spacial score (nSPS) is 12.4. The van der Waals surface area contributed by atoms with Gasteiger partial charge in [0, 0.05) is 0 Å². The molecule has 50 heavy (non-hydrogen) atoms. The molecule has 0 radical (unpaired) electrons. The van der Waals surface area contributed by atoms with E-state index >= 15 is 0 Å². The minimum absolute atomic E-state index is 1.26. The van der Waals surface area contributed by atoms with Crippen LogP contribution in [-0.2, 0) is 0 Å². The van der Waals surface area contributed by atoms with Crippen molar-refractivity contribution in [3.8, 4) is 22.3 Å². The Bertz CT molecular complexity index is 3360. The summed E-state index contributed by atoms with van der Waals surface area (Å²) in [4.78, 5) is 0. The van der Waals surface area contributed by atoms with E-state index in [1.165, 1.54) is 119 Å². The van der Waals surface area contributed by atoms with Gasteiger partial charge < -0.3 is 0 Å². The smallest absolute Gasteiger partial charge is 0.000719 e. The molecule has 0 aliphatic carbocycles. The third-order valence-corrected chi connectivity index (χ3v) is 11.5. The zero-order chi connectivity index (χ0) is 32.5. The molecule has 0 unspecified atom stereocenters. The molecule has 0 saturated carbocycles. The van der Waals surface area contributed by atoms with Crippen molar-refractivity contribution in [1.82, 2.24) is 0 Å². The Balaban J connectivity index is 1.42. The molecule has 0 N–H and O–H groups in total. The Morgan fingerprint density at radius 3 is 1.32 bits per heavy atom. The molecule has 0 heterocycles. The standard InChI is InChI=1S/C50H28/c1-3-12-32-26-34(24-22-29(32)10-1)45-43-28-42-37-17-6-5-16-36(37)38-18-9-21-41(47(38)42)48(43)46(35-25-23-30-11-2-4-13-33(30)27-35)50-40-20-8-15-31-14-7-19-39(44(31)40)49(45)50/h1-28H. The number of benzene rings is 10. The van der Waals surface area contributed by atoms with E-state index in [2.05, 4.69) is 170 Å². The highest BCUT2D eigenvalue weighted by Crippen LogP contribution is 2.54. The second-order valence-corrected chi connectivity index (χ2v) is 14.0. The van der Waals surface area contributed by atoms with Crippen molar-refractivity contribution in [1.29, 1.82) is 0 Å². The summed E-state index contributed by atoms with van der Waals surface area (Å²) in [6.07, 6.45) is 0. The maximum Gasteiger partial charge on any atom is -0.000719 e. The van der Waals surface area contributed by atoms with Crippen LogP contribution in [0.15, 0.2) is 170 Å². The lowest BCUT2D eigenvalue weighted by molar-refractivity contribution is 1.71. The fourth-order valence-corrected chi connectivity index (χ4v) is 9.42. The summed E-state index contributed by atoms with van der Waals surface area (Å²) in [5, 5.41) is 23.7. The largest absolute Gasteiger partial charge is 0.0616 e. The molecule has 0 bridgehead atoms. The number of hydrogen-bond acceptors (Lipinski definition) is 0. The molecule has 0 heteroatoms. The van der Waals surface area contributed by atoms with E-state index in [1.54, 1.807) is 0 Å². The number of hydrogen-bond donors (Lipinski definition) is 0. The van der Waals surface area contributed by atoms with Crippen molar-refractivity contribution in [3.05, 3.63) is 170 Å². The van der Waals surface area contributed by atoms with E-state index in [0.29, 0.717) is 0 Å². The van der Waals surface area contributed by atoms with Crippen molar-refractivity contribution >= 4 is 97.0 Å². The molecule has 12 aromatic carbocycles. The van der Waals surface area contributed by atoms with Crippen molar-refractivity contribution in [2.45, 2.75) is 0 Å². The molecule has 0 spiro atoms. The van der Waals surface area contributed by atoms with Gasteiger partial charge in [0.1, 0.15) is 0 Å². The lowest BCUT2D eigenvalue weighted by Crippen LogP contribution is -1.92. The summed E-state index contributed by atoms with van der Waals surface area (Å²) in [5.74, 6) is 0. The molecular weight excluding hydrogens is 601 g/mol. The van der Waals surface area contributed by atoms with Crippen LogP contribution in [0.5, 0.6) is 0 Å². The fraction of sp³-hybridized carbons (Fsp3) is 0. The first kappa shape index (κ1) is 26.5. The average Bonchev–Trinajstić information content (AvgIpc) is 3.68. The summed E-state index contributed by atoms with van der Waals surface area (Å²) < 4.78 is 0. The van der Waals surface area contributed by atoms with E-state index in [0.717, 1.165) is 0 Å². The highest BCUT2D eigenvalue weighted by molar-refractivity contribution is 6.44. The van der Waals surface area contributed by atoms with Gasteiger partial charge in [-0.3, -0.25) is 0 Å². The predicted molar refractivity (Wildman–Crippen MR) is 217 cm³/mol. The van der Waals surface area contributed by atoms with Crippen LogP contribution in [0, 0.1) is 0 Å². The molecule has 0 atom stereocenters. The van der Waals surface area contributed by atoms with E-state index in [1.807, 2.05) is 0 Å². The van der Waals surface area contributed by atoms with Crippen LogP contribution in [0.3, 0.4) is 0 Å². The maximum atomic E-state index is 2.53. The Labute approximate surface area is 288 Å². The third kappa shape index (κ3) is 3.35. The van der Waals surface area contributed by atoms with Crippen LogP contribution in [0.1, 0.15) is 0 Å². The zero-order valence-corrected chi connectivity index (χ0v) is 27.2. The highest BCUT2D eigenvalue weighted by atomic mass is 14.3. The van der Waals surface area contributed by atoms with Gasteiger partial charge in [-0.25, -0.2) is 0 Å². The number of rotatable bonds is 2. The molecule has 0 amide bonds. The van der Waals surface area contributed by atoms with E-state index in [9.17, 15) is 0 Å². The Hall–Kier alpha value is -6.50. The van der Waals surface area contributed by atoms with Crippen LogP contribution in [0.2, 0.25) is 0 Å². The van der Waals surface area contributed by atoms with Gasteiger partial charge in [0.2, 0.25) is 0 Å². The molecule has 12 rings (SSSR count). The molecule has 12 aromatic rings. The Kier molecular flexibility index (Phi) is 5.06. The minimum atomic E-state index is 1.26. The fourth-order valence-electron chi connectivity index (χ4n) is 9.42. The van der Waals surface area contributed by atoms with Crippen LogP contribution >= 0.6 is 0 Å². The topological polar surface area (TPSA) is 0 Å². The maximum absolute atomic E-state index is 2.53. The van der Waals surface area contributed by atoms with E-state index in [-0.39, 0.29) is 0 Å². The predicted octanol–water partition coefficient (Wildman–Crippen LogP) is 14.3. The quantitative estimate of drug-likeness (QED) is 0.167. The molecule has 228 valence electrons. The van der Waals surface area contributed by atoms with Gasteiger partial charge in [-0.1, -0.05) is 152 Å². The van der Waals surface area contributed by atoms with Gasteiger partial charge in [-0.05, 0) is 137 Å². The van der Waals surface area contributed by atoms with Gasteiger partial charge >= 0.3 is 0 Å². The van der Waals surface area contributed by atoms with Crippen LogP contribution < -0.4 is 0 Å². The average molecular weight is 629 g/mol. The summed E-state index contributed by atoms with van der Waals surface area (Å²) in [6, 6.07) is 63.8. The zero-order valence-electron chi connectivity index (χ0n) is 27.2. The first-order valence-electron chi connectivity index (χ1n) is 17.5. The number of fused-ring (bicyclic) bond motifs is 10. The highest BCUT2D eigenvalue weighted by Gasteiger charge is 2.26. The van der Waals surface area contributed by atoms with Gasteiger partial charge in [0.25, 0.3) is 0 Å². The van der Waals surface area contributed by atoms with E-state index < -0.39 is 0 Å². The monoisotopic (exact) mass is 628 g/mol. The molecule has 0 aliphatic heterocycles. The molecule has 0 saturated heterocycles. The second-order valence-electron chi connectivity index (χ2n) is 14.0. The van der Waals surface area contributed by atoms with Crippen LogP contribution in [0.25, 0.3) is 119 Å². The van der Waals surface area contributed by atoms with E-state index in [4.69, 9.17) is 0 Å². The summed E-state index contributed by atoms with van der Waals surface area (Å²) >= 11 is 0. The third-order valence-electron chi connectivity index (χ3n) is 11.5. The van der Waals surface area contributed by atoms with Gasteiger partial charge in [-0.15, -0.1) is 0 Å². The first-order chi connectivity index (χ1) is 24.8. The Morgan fingerprint density at radius 1 is 0.200 bits per heavy atom. The van der Waals surface area contributed by atoms with Crippen molar-refractivity contribution < 1.29 is 0 Å². The molecule has 0 nitrogen and oxygen atoms in total. The summed E-state index contributed by atoms with van der Waals surface area (Å²) in [5.41, 5.74) is 5.17. The van der Waals surface area contributed by atoms with Gasteiger partial charge in [0.05, 0.1) is 0 Å². The van der Waals surface area contributed by atoms with Crippen molar-refractivity contribution in [2.75, 3.05) is 0 Å². The van der Waals surface area contributed by atoms with Gasteiger partial charge in [-0.2, -0.15) is 0 Å².